The van der Waals surface area contributed by atoms with Crippen LogP contribution in [0.25, 0.3) is 11.3 Å². The van der Waals surface area contributed by atoms with Gasteiger partial charge < -0.3 is 10.1 Å². The van der Waals surface area contributed by atoms with E-state index in [4.69, 9.17) is 0 Å². The van der Waals surface area contributed by atoms with E-state index in [1.165, 1.54) is 23.5 Å². The number of alkyl halides is 2. The lowest BCUT2D eigenvalue weighted by Crippen LogP contribution is -2.26. The predicted octanol–water partition coefficient (Wildman–Crippen LogP) is 4.62. The number of aromatic nitrogens is 2. The summed E-state index contributed by atoms with van der Waals surface area (Å²) >= 11 is 1.49. The van der Waals surface area contributed by atoms with E-state index in [1.54, 1.807) is 24.5 Å². The number of aryl methyl sites for hydroxylation is 1. The van der Waals surface area contributed by atoms with Gasteiger partial charge in [0.05, 0.1) is 11.7 Å². The first-order valence-corrected chi connectivity index (χ1v) is 9.58. The molecule has 2 heterocycles. The minimum absolute atomic E-state index is 0.0986. The largest absolute Gasteiger partial charge is 0.435 e. The van der Waals surface area contributed by atoms with Gasteiger partial charge in [-0.3, -0.25) is 9.78 Å². The standard InChI is InChI=1S/C20H19F2N3O2S/c1-13(19-25-17(12-28-19)15-3-2-10-23-11-15)24-18(26)9-6-14-4-7-16(8-5-14)27-20(21)22/h2-5,7-8,10-13,20H,6,9H2,1H3,(H,24,26). The van der Waals surface area contributed by atoms with Crippen LogP contribution in [-0.2, 0) is 11.2 Å². The first-order valence-electron chi connectivity index (χ1n) is 8.70. The quantitative estimate of drug-likeness (QED) is 0.596. The zero-order valence-corrected chi connectivity index (χ0v) is 16.0. The van der Waals surface area contributed by atoms with Gasteiger partial charge in [-0.25, -0.2) is 4.98 Å². The molecule has 0 radical (unpaired) electrons. The second kappa shape index (κ2) is 9.36. The summed E-state index contributed by atoms with van der Waals surface area (Å²) in [7, 11) is 0. The molecule has 1 amide bonds. The molecule has 1 atom stereocenters. The molecule has 5 nitrogen and oxygen atoms in total. The van der Waals surface area contributed by atoms with Crippen molar-refractivity contribution in [2.75, 3.05) is 0 Å². The third-order valence-electron chi connectivity index (χ3n) is 4.02. The van der Waals surface area contributed by atoms with Gasteiger partial charge in [-0.15, -0.1) is 11.3 Å². The molecule has 0 fully saturated rings. The molecule has 0 saturated heterocycles. The lowest BCUT2D eigenvalue weighted by atomic mass is 10.1. The number of thiazole rings is 1. The van der Waals surface area contributed by atoms with Crippen LogP contribution in [-0.4, -0.2) is 22.5 Å². The molecule has 3 rings (SSSR count). The normalized spacial score (nSPS) is 12.0. The number of benzene rings is 1. The van der Waals surface area contributed by atoms with Crippen LogP contribution in [0.5, 0.6) is 5.75 Å². The van der Waals surface area contributed by atoms with E-state index >= 15 is 0 Å². The highest BCUT2D eigenvalue weighted by Crippen LogP contribution is 2.25. The lowest BCUT2D eigenvalue weighted by Gasteiger charge is -2.11. The number of rotatable bonds is 8. The van der Waals surface area contributed by atoms with Gasteiger partial charge in [0, 0.05) is 29.8 Å². The molecule has 2 aromatic heterocycles. The first-order chi connectivity index (χ1) is 13.5. The van der Waals surface area contributed by atoms with E-state index in [2.05, 4.69) is 20.0 Å². The minimum Gasteiger partial charge on any atom is -0.435 e. The molecule has 0 aliphatic rings. The van der Waals surface area contributed by atoms with Gasteiger partial charge in [-0.1, -0.05) is 12.1 Å². The molecule has 146 valence electrons. The smallest absolute Gasteiger partial charge is 0.387 e. The summed E-state index contributed by atoms with van der Waals surface area (Å²) in [4.78, 5) is 20.9. The Morgan fingerprint density at radius 3 is 2.71 bits per heavy atom. The van der Waals surface area contributed by atoms with Crippen LogP contribution in [0.1, 0.15) is 30.0 Å². The number of hydrogen-bond donors (Lipinski definition) is 1. The monoisotopic (exact) mass is 403 g/mol. The van der Waals surface area contributed by atoms with Crippen LogP contribution in [0.4, 0.5) is 8.78 Å². The van der Waals surface area contributed by atoms with E-state index in [0.29, 0.717) is 12.8 Å². The Balaban J connectivity index is 1.50. The predicted molar refractivity (Wildman–Crippen MR) is 103 cm³/mol. The highest BCUT2D eigenvalue weighted by Gasteiger charge is 2.14. The van der Waals surface area contributed by atoms with Crippen molar-refractivity contribution in [1.82, 2.24) is 15.3 Å². The Kier molecular flexibility index (Phi) is 6.65. The van der Waals surface area contributed by atoms with Crippen molar-refractivity contribution in [3.63, 3.8) is 0 Å². The molecule has 3 aromatic rings. The molecular weight excluding hydrogens is 384 g/mol. The van der Waals surface area contributed by atoms with Crippen LogP contribution in [0.15, 0.2) is 54.2 Å². The summed E-state index contributed by atoms with van der Waals surface area (Å²) in [6.45, 7) is -0.956. The first kappa shape index (κ1) is 19.9. The zero-order valence-electron chi connectivity index (χ0n) is 15.1. The molecule has 1 N–H and O–H groups in total. The molecule has 1 aromatic carbocycles. The van der Waals surface area contributed by atoms with E-state index in [9.17, 15) is 13.6 Å². The summed E-state index contributed by atoms with van der Waals surface area (Å²) in [6.07, 6.45) is 4.26. The maximum absolute atomic E-state index is 12.2. The fourth-order valence-electron chi connectivity index (χ4n) is 2.60. The fraction of sp³-hybridized carbons (Fsp3) is 0.250. The van der Waals surface area contributed by atoms with Crippen molar-refractivity contribution in [2.45, 2.75) is 32.4 Å². The summed E-state index contributed by atoms with van der Waals surface area (Å²) in [5, 5.41) is 5.70. The van der Waals surface area contributed by atoms with Gasteiger partial charge in [0.2, 0.25) is 5.91 Å². The van der Waals surface area contributed by atoms with E-state index in [0.717, 1.165) is 21.8 Å². The number of ether oxygens (including phenoxy) is 1. The summed E-state index contributed by atoms with van der Waals surface area (Å²) in [6, 6.07) is 9.88. The fourth-order valence-corrected chi connectivity index (χ4v) is 3.44. The summed E-state index contributed by atoms with van der Waals surface area (Å²) in [5.41, 5.74) is 2.64. The molecule has 1 unspecified atom stereocenters. The highest BCUT2D eigenvalue weighted by molar-refractivity contribution is 7.10. The number of carbonyl (C=O) groups is 1. The number of hydrogen-bond acceptors (Lipinski definition) is 5. The lowest BCUT2D eigenvalue weighted by molar-refractivity contribution is -0.121. The van der Waals surface area contributed by atoms with Crippen molar-refractivity contribution in [2.24, 2.45) is 0 Å². The molecule has 0 spiro atoms. The highest BCUT2D eigenvalue weighted by atomic mass is 32.1. The van der Waals surface area contributed by atoms with Gasteiger partial charge in [0.15, 0.2) is 0 Å². The number of carbonyl (C=O) groups excluding carboxylic acids is 1. The van der Waals surface area contributed by atoms with Gasteiger partial charge in [-0.05, 0) is 43.2 Å². The van der Waals surface area contributed by atoms with Crippen molar-refractivity contribution in [3.05, 3.63) is 64.7 Å². The molecule has 0 aliphatic heterocycles. The van der Waals surface area contributed by atoms with E-state index < -0.39 is 6.61 Å². The average molecular weight is 403 g/mol. The minimum atomic E-state index is -2.84. The zero-order chi connectivity index (χ0) is 19.9. The Bertz CT molecular complexity index is 901. The van der Waals surface area contributed by atoms with Gasteiger partial charge in [0.1, 0.15) is 10.8 Å². The maximum Gasteiger partial charge on any atom is 0.387 e. The van der Waals surface area contributed by atoms with Gasteiger partial charge in [0.25, 0.3) is 0 Å². The van der Waals surface area contributed by atoms with Crippen molar-refractivity contribution < 1.29 is 18.3 Å². The van der Waals surface area contributed by atoms with Crippen molar-refractivity contribution >= 4 is 17.2 Å². The number of pyridine rings is 1. The molecule has 0 bridgehead atoms. The Hall–Kier alpha value is -2.87. The van der Waals surface area contributed by atoms with Crippen LogP contribution in [0.2, 0.25) is 0 Å². The number of nitrogens with zero attached hydrogens (tertiary/aromatic N) is 2. The van der Waals surface area contributed by atoms with Crippen LogP contribution < -0.4 is 10.1 Å². The van der Waals surface area contributed by atoms with E-state index in [1.807, 2.05) is 24.4 Å². The molecular formula is C20H19F2N3O2S. The van der Waals surface area contributed by atoms with Gasteiger partial charge in [-0.2, -0.15) is 8.78 Å². The second-order valence-corrected chi connectivity index (χ2v) is 7.01. The Morgan fingerprint density at radius 1 is 1.25 bits per heavy atom. The topological polar surface area (TPSA) is 64.1 Å². The van der Waals surface area contributed by atoms with E-state index in [-0.39, 0.29) is 17.7 Å². The maximum atomic E-state index is 12.2. The third kappa shape index (κ3) is 5.56. The second-order valence-electron chi connectivity index (χ2n) is 6.12. The number of amides is 1. The van der Waals surface area contributed by atoms with Crippen LogP contribution >= 0.6 is 11.3 Å². The Morgan fingerprint density at radius 2 is 2.04 bits per heavy atom. The summed E-state index contributed by atoms with van der Waals surface area (Å²) < 4.78 is 28.6. The molecule has 0 aliphatic carbocycles. The number of halogens is 2. The average Bonchev–Trinajstić information content (AvgIpc) is 3.18. The van der Waals surface area contributed by atoms with Crippen molar-refractivity contribution in [3.8, 4) is 17.0 Å². The SMILES string of the molecule is CC(NC(=O)CCc1ccc(OC(F)F)cc1)c1nc(-c2cccnc2)cs1. The van der Waals surface area contributed by atoms with Crippen molar-refractivity contribution in [1.29, 1.82) is 0 Å². The molecule has 0 saturated carbocycles. The van der Waals surface area contributed by atoms with Crippen LogP contribution in [0, 0.1) is 0 Å². The van der Waals surface area contributed by atoms with Crippen LogP contribution in [0.3, 0.4) is 0 Å². The summed E-state index contributed by atoms with van der Waals surface area (Å²) in [5.74, 6) is 0.00329. The third-order valence-corrected chi connectivity index (χ3v) is 5.04. The molecule has 28 heavy (non-hydrogen) atoms. The molecule has 8 heteroatoms. The number of nitrogens with one attached hydrogen (secondary N) is 1. The van der Waals surface area contributed by atoms with Gasteiger partial charge >= 0.3 is 6.61 Å². The Labute approximate surface area is 165 Å².